The Morgan fingerprint density at radius 1 is 1.53 bits per heavy atom. The first-order valence-corrected chi connectivity index (χ1v) is 6.17. The summed E-state index contributed by atoms with van der Waals surface area (Å²) in [6.45, 7) is 4.66. The van der Waals surface area contributed by atoms with Gasteiger partial charge in [0, 0.05) is 11.0 Å². The highest BCUT2D eigenvalue weighted by molar-refractivity contribution is 9.10. The van der Waals surface area contributed by atoms with Crippen molar-refractivity contribution in [3.63, 3.8) is 0 Å². The highest BCUT2D eigenvalue weighted by atomic mass is 79.9. The van der Waals surface area contributed by atoms with Crippen LogP contribution >= 0.6 is 15.9 Å². The molecule has 0 amide bonds. The number of hydrogen-bond donors (Lipinski definition) is 2. The van der Waals surface area contributed by atoms with Crippen molar-refractivity contribution in [1.82, 2.24) is 0 Å². The second-order valence-corrected chi connectivity index (χ2v) is 5.14. The van der Waals surface area contributed by atoms with Crippen LogP contribution in [0.15, 0.2) is 16.6 Å². The Balaban J connectivity index is 2.92. The van der Waals surface area contributed by atoms with Gasteiger partial charge in [-0.1, -0.05) is 29.8 Å². The summed E-state index contributed by atoms with van der Waals surface area (Å²) >= 11 is 3.08. The predicted octanol–water partition coefficient (Wildman–Crippen LogP) is 3.74. The summed E-state index contributed by atoms with van der Waals surface area (Å²) in [5, 5.41) is 11.8. The van der Waals surface area contributed by atoms with Crippen LogP contribution in [0.3, 0.4) is 0 Å². The molecule has 0 fully saturated rings. The van der Waals surface area contributed by atoms with E-state index in [4.69, 9.17) is 5.11 Å². The smallest absolute Gasteiger partial charge is 0.337 e. The minimum atomic E-state index is -1.14. The summed E-state index contributed by atoms with van der Waals surface area (Å²) in [5.74, 6) is -1.22. The molecule has 0 saturated heterocycles. The number of nitrogens with one attached hydrogen (secondary N) is 1. The van der Waals surface area contributed by atoms with E-state index in [1.165, 1.54) is 12.1 Å². The summed E-state index contributed by atoms with van der Waals surface area (Å²) in [6.07, 6.45) is 0.856. The van der Waals surface area contributed by atoms with Crippen LogP contribution in [0.2, 0.25) is 0 Å². The number of anilines is 1. The molecule has 0 spiro atoms. The number of carboxylic acid groups (broad SMARTS) is 1. The Labute approximate surface area is 108 Å². The molecule has 3 nitrogen and oxygen atoms in total. The largest absolute Gasteiger partial charge is 0.478 e. The molecule has 0 unspecified atom stereocenters. The second-order valence-electron chi connectivity index (χ2n) is 4.22. The lowest BCUT2D eigenvalue weighted by atomic mass is 10.1. The highest BCUT2D eigenvalue weighted by Gasteiger charge is 2.15. The Morgan fingerprint density at radius 2 is 2.18 bits per heavy atom. The molecule has 1 rings (SSSR count). The Hall–Kier alpha value is -1.10. The van der Waals surface area contributed by atoms with Crippen molar-refractivity contribution in [2.75, 3.05) is 11.9 Å². The van der Waals surface area contributed by atoms with E-state index in [0.717, 1.165) is 6.42 Å². The van der Waals surface area contributed by atoms with Gasteiger partial charge in [-0.15, -0.1) is 0 Å². The molecule has 0 saturated carbocycles. The van der Waals surface area contributed by atoms with Crippen LogP contribution in [-0.2, 0) is 0 Å². The lowest BCUT2D eigenvalue weighted by Gasteiger charge is -2.12. The van der Waals surface area contributed by atoms with E-state index in [9.17, 15) is 9.18 Å². The fourth-order valence-electron chi connectivity index (χ4n) is 1.41. The van der Waals surface area contributed by atoms with Gasteiger partial charge in [-0.05, 0) is 24.5 Å². The molecule has 1 aromatic rings. The summed E-state index contributed by atoms with van der Waals surface area (Å²) in [7, 11) is 0. The van der Waals surface area contributed by atoms with Crippen LogP contribution in [0.5, 0.6) is 0 Å². The maximum atomic E-state index is 13.6. The molecule has 94 valence electrons. The zero-order valence-corrected chi connectivity index (χ0v) is 11.3. The van der Waals surface area contributed by atoms with Crippen molar-refractivity contribution >= 4 is 27.6 Å². The third-order valence-corrected chi connectivity index (χ3v) is 2.77. The van der Waals surface area contributed by atoms with Gasteiger partial charge in [0.25, 0.3) is 0 Å². The number of halogens is 2. The Bertz CT molecular complexity index is 421. The van der Waals surface area contributed by atoms with Crippen LogP contribution in [0.4, 0.5) is 10.1 Å². The third-order valence-electron chi connectivity index (χ3n) is 2.31. The SMILES string of the molecule is CC(C)CCNc1c(F)cc(Br)cc1C(=O)O. The van der Waals surface area contributed by atoms with E-state index < -0.39 is 11.8 Å². The molecule has 0 aliphatic carbocycles. The first kappa shape index (κ1) is 14.0. The summed E-state index contributed by atoms with van der Waals surface area (Å²) in [5.41, 5.74) is 0.00183. The quantitative estimate of drug-likeness (QED) is 0.871. The van der Waals surface area contributed by atoms with Crippen molar-refractivity contribution in [3.05, 3.63) is 28.0 Å². The maximum Gasteiger partial charge on any atom is 0.337 e. The average molecular weight is 304 g/mol. The topological polar surface area (TPSA) is 49.3 Å². The minimum absolute atomic E-state index is 0.0550. The molecule has 0 radical (unpaired) electrons. The van der Waals surface area contributed by atoms with Gasteiger partial charge < -0.3 is 10.4 Å². The van der Waals surface area contributed by atoms with Crippen molar-refractivity contribution in [2.45, 2.75) is 20.3 Å². The molecular weight excluding hydrogens is 289 g/mol. The molecule has 0 aliphatic heterocycles. The molecule has 1 aromatic carbocycles. The fraction of sp³-hybridized carbons (Fsp3) is 0.417. The molecule has 0 aliphatic rings. The van der Waals surface area contributed by atoms with Gasteiger partial charge in [0.1, 0.15) is 5.82 Å². The summed E-state index contributed by atoms with van der Waals surface area (Å²) in [4.78, 5) is 11.0. The maximum absolute atomic E-state index is 13.6. The van der Waals surface area contributed by atoms with E-state index in [0.29, 0.717) is 16.9 Å². The molecule has 0 aromatic heterocycles. The van der Waals surface area contributed by atoms with E-state index in [1.54, 1.807) is 0 Å². The molecule has 2 N–H and O–H groups in total. The van der Waals surface area contributed by atoms with Gasteiger partial charge in [-0.25, -0.2) is 9.18 Å². The van der Waals surface area contributed by atoms with E-state index >= 15 is 0 Å². The third kappa shape index (κ3) is 4.00. The van der Waals surface area contributed by atoms with Gasteiger partial charge in [0.15, 0.2) is 0 Å². The van der Waals surface area contributed by atoms with E-state index in [1.807, 2.05) is 0 Å². The number of hydrogen-bond acceptors (Lipinski definition) is 2. The van der Waals surface area contributed by atoms with Crippen molar-refractivity contribution < 1.29 is 14.3 Å². The number of aromatic carboxylic acids is 1. The first-order chi connectivity index (χ1) is 7.91. The zero-order valence-electron chi connectivity index (χ0n) is 9.76. The average Bonchev–Trinajstić information content (AvgIpc) is 2.19. The number of carbonyl (C=O) groups is 1. The predicted molar refractivity (Wildman–Crippen MR) is 69.0 cm³/mol. The summed E-state index contributed by atoms with van der Waals surface area (Å²) < 4.78 is 14.1. The first-order valence-electron chi connectivity index (χ1n) is 5.38. The Kier molecular flexibility index (Phi) is 4.93. The van der Waals surface area contributed by atoms with Crippen LogP contribution < -0.4 is 5.32 Å². The van der Waals surface area contributed by atoms with Gasteiger partial charge >= 0.3 is 5.97 Å². The molecule has 0 atom stereocenters. The molecule has 5 heteroatoms. The monoisotopic (exact) mass is 303 g/mol. The van der Waals surface area contributed by atoms with Crippen molar-refractivity contribution in [1.29, 1.82) is 0 Å². The van der Waals surface area contributed by atoms with Gasteiger partial charge in [-0.3, -0.25) is 0 Å². The highest BCUT2D eigenvalue weighted by Crippen LogP contribution is 2.25. The molecule has 0 heterocycles. The normalized spacial score (nSPS) is 10.6. The Morgan fingerprint density at radius 3 is 2.71 bits per heavy atom. The van der Waals surface area contributed by atoms with Crippen LogP contribution in [-0.4, -0.2) is 17.6 Å². The number of rotatable bonds is 5. The van der Waals surface area contributed by atoms with Crippen molar-refractivity contribution in [2.24, 2.45) is 5.92 Å². The molecule has 17 heavy (non-hydrogen) atoms. The molecule has 0 bridgehead atoms. The van der Waals surface area contributed by atoms with Crippen molar-refractivity contribution in [3.8, 4) is 0 Å². The van der Waals surface area contributed by atoms with Crippen LogP contribution in [0.1, 0.15) is 30.6 Å². The standard InChI is InChI=1S/C12H15BrFNO2/c1-7(2)3-4-15-11-9(12(16)17)5-8(13)6-10(11)14/h5-7,15H,3-4H2,1-2H3,(H,16,17). The van der Waals surface area contributed by atoms with Crippen LogP contribution in [0.25, 0.3) is 0 Å². The molecular formula is C12H15BrFNO2. The van der Waals surface area contributed by atoms with Gasteiger partial charge in [-0.2, -0.15) is 0 Å². The van der Waals surface area contributed by atoms with Gasteiger partial charge in [0.05, 0.1) is 11.3 Å². The fourth-order valence-corrected chi connectivity index (χ4v) is 1.84. The number of benzene rings is 1. The lowest BCUT2D eigenvalue weighted by molar-refractivity contribution is 0.0697. The van der Waals surface area contributed by atoms with E-state index in [2.05, 4.69) is 35.1 Å². The van der Waals surface area contributed by atoms with Crippen LogP contribution in [0, 0.1) is 11.7 Å². The lowest BCUT2D eigenvalue weighted by Crippen LogP contribution is -2.11. The van der Waals surface area contributed by atoms with E-state index in [-0.39, 0.29) is 11.3 Å². The second kappa shape index (κ2) is 6.00. The number of carboxylic acids is 1. The minimum Gasteiger partial charge on any atom is -0.478 e. The van der Waals surface area contributed by atoms with Gasteiger partial charge in [0.2, 0.25) is 0 Å². The summed E-state index contributed by atoms with van der Waals surface area (Å²) in [6, 6.07) is 2.65. The zero-order chi connectivity index (χ0) is 13.0.